The number of halogens is 1. The topological polar surface area (TPSA) is 107 Å². The summed E-state index contributed by atoms with van der Waals surface area (Å²) in [5.41, 5.74) is -0.208. The zero-order valence-corrected chi connectivity index (χ0v) is 17.8. The van der Waals surface area contributed by atoms with Gasteiger partial charge in [-0.25, -0.2) is 4.79 Å². The van der Waals surface area contributed by atoms with Crippen LogP contribution in [0, 0.1) is 0 Å². The van der Waals surface area contributed by atoms with E-state index in [4.69, 9.17) is 25.6 Å². The van der Waals surface area contributed by atoms with Crippen LogP contribution >= 0.6 is 11.6 Å². The third-order valence-electron chi connectivity index (χ3n) is 5.10. The van der Waals surface area contributed by atoms with Gasteiger partial charge >= 0.3 is 6.03 Å². The predicted molar refractivity (Wildman–Crippen MR) is 111 cm³/mol. The lowest BCUT2D eigenvalue weighted by atomic mass is 9.92. The van der Waals surface area contributed by atoms with E-state index in [9.17, 15) is 9.59 Å². The molecule has 0 unspecified atom stereocenters. The number of hydrogen-bond donors (Lipinski definition) is 1. The van der Waals surface area contributed by atoms with E-state index < -0.39 is 17.5 Å². The number of methoxy groups -OCH3 is 2. The molecule has 0 radical (unpaired) electrons. The van der Waals surface area contributed by atoms with E-state index >= 15 is 0 Å². The molecule has 0 bridgehead atoms. The summed E-state index contributed by atoms with van der Waals surface area (Å²) in [6.07, 6.45) is 0. The quantitative estimate of drug-likeness (QED) is 0.583. The average Bonchev–Trinajstić information content (AvgIpc) is 3.32. The van der Waals surface area contributed by atoms with E-state index in [0.29, 0.717) is 27.6 Å². The third-order valence-corrected chi connectivity index (χ3v) is 5.43. The molecule has 10 heteroatoms. The molecular weight excluding hydrogens is 424 g/mol. The lowest BCUT2D eigenvalue weighted by Gasteiger charge is -2.23. The molecule has 3 amide bonds. The van der Waals surface area contributed by atoms with Gasteiger partial charge in [0.2, 0.25) is 11.7 Å². The number of ether oxygens (including phenoxy) is 2. The van der Waals surface area contributed by atoms with Gasteiger partial charge in [0.1, 0.15) is 23.6 Å². The maximum Gasteiger partial charge on any atom is 0.325 e. The molecule has 160 valence electrons. The maximum atomic E-state index is 13.1. The number of imide groups is 1. The zero-order chi connectivity index (χ0) is 22.2. The van der Waals surface area contributed by atoms with Crippen molar-refractivity contribution < 1.29 is 23.6 Å². The molecule has 9 nitrogen and oxygen atoms in total. The fraction of sp³-hybridized carbons (Fsp3) is 0.238. The number of benzene rings is 2. The Balaban J connectivity index is 1.59. The summed E-state index contributed by atoms with van der Waals surface area (Å²) >= 11 is 6.25. The Morgan fingerprint density at radius 1 is 1.16 bits per heavy atom. The van der Waals surface area contributed by atoms with Crippen LogP contribution in [-0.2, 0) is 16.9 Å². The van der Waals surface area contributed by atoms with Crippen LogP contribution in [0.5, 0.6) is 11.5 Å². The number of aromatic nitrogens is 2. The van der Waals surface area contributed by atoms with E-state index in [0.717, 1.165) is 4.90 Å². The lowest BCUT2D eigenvalue weighted by molar-refractivity contribution is -0.131. The molecule has 4 rings (SSSR count). The fourth-order valence-corrected chi connectivity index (χ4v) is 3.76. The van der Waals surface area contributed by atoms with Gasteiger partial charge in [0, 0.05) is 16.7 Å². The average molecular weight is 443 g/mol. The molecular formula is C21H19ClN4O5. The van der Waals surface area contributed by atoms with Crippen molar-refractivity contribution in [2.45, 2.75) is 19.0 Å². The van der Waals surface area contributed by atoms with Crippen molar-refractivity contribution in [3.05, 3.63) is 58.9 Å². The molecule has 31 heavy (non-hydrogen) atoms. The molecule has 0 aliphatic carbocycles. The van der Waals surface area contributed by atoms with Gasteiger partial charge in [0.05, 0.1) is 19.8 Å². The smallest absolute Gasteiger partial charge is 0.325 e. The van der Waals surface area contributed by atoms with Crippen LogP contribution in [0.4, 0.5) is 4.79 Å². The minimum absolute atomic E-state index is 0.0970. The zero-order valence-electron chi connectivity index (χ0n) is 17.0. The Bertz CT molecular complexity index is 1160. The Morgan fingerprint density at radius 2 is 1.94 bits per heavy atom. The summed E-state index contributed by atoms with van der Waals surface area (Å²) in [6.45, 7) is 1.42. The molecule has 1 saturated heterocycles. The first kappa shape index (κ1) is 20.7. The molecule has 3 aromatic rings. The normalized spacial score (nSPS) is 18.3. The molecule has 1 aliphatic heterocycles. The third kappa shape index (κ3) is 3.57. The maximum absolute atomic E-state index is 13.1. The van der Waals surface area contributed by atoms with Gasteiger partial charge in [0.15, 0.2) is 0 Å². The standard InChI is InChI=1S/C21H19ClN4O5/c1-21(14-6-4-5-7-15(14)22)19(27)26(20(28)24-21)11-17-23-18(25-31-17)13-9-8-12(29-2)10-16(13)30-3/h4-10H,11H2,1-3H3,(H,24,28)/t21-/m1/s1. The largest absolute Gasteiger partial charge is 0.497 e. The highest BCUT2D eigenvalue weighted by Crippen LogP contribution is 2.35. The van der Waals surface area contributed by atoms with Crippen LogP contribution in [-0.4, -0.2) is 41.2 Å². The van der Waals surface area contributed by atoms with Gasteiger partial charge < -0.3 is 19.3 Å². The van der Waals surface area contributed by atoms with E-state index in [1.54, 1.807) is 56.5 Å². The van der Waals surface area contributed by atoms with Crippen molar-refractivity contribution in [2.24, 2.45) is 0 Å². The molecule has 1 aromatic heterocycles. The Kier molecular flexibility index (Phi) is 5.28. The first-order valence-electron chi connectivity index (χ1n) is 9.31. The molecule has 0 spiro atoms. The van der Waals surface area contributed by atoms with Crippen molar-refractivity contribution in [3.63, 3.8) is 0 Å². The van der Waals surface area contributed by atoms with E-state index in [1.807, 2.05) is 0 Å². The number of rotatable bonds is 6. The molecule has 2 aromatic carbocycles. The van der Waals surface area contributed by atoms with Crippen LogP contribution in [0.2, 0.25) is 5.02 Å². The van der Waals surface area contributed by atoms with Gasteiger partial charge in [-0.3, -0.25) is 9.69 Å². The predicted octanol–water partition coefficient (Wildman–Crippen LogP) is 3.37. The number of carbonyl (C=O) groups excluding carboxylic acids is 2. The van der Waals surface area contributed by atoms with Gasteiger partial charge in [0.25, 0.3) is 5.91 Å². The highest BCUT2D eigenvalue weighted by molar-refractivity contribution is 6.32. The summed E-state index contributed by atoms with van der Waals surface area (Å²) < 4.78 is 15.8. The first-order valence-corrected chi connectivity index (χ1v) is 9.69. The fourth-order valence-electron chi connectivity index (χ4n) is 3.44. The monoisotopic (exact) mass is 442 g/mol. The summed E-state index contributed by atoms with van der Waals surface area (Å²) in [7, 11) is 3.07. The van der Waals surface area contributed by atoms with Crippen molar-refractivity contribution >= 4 is 23.5 Å². The minimum atomic E-state index is -1.29. The van der Waals surface area contributed by atoms with Crippen molar-refractivity contribution in [3.8, 4) is 22.9 Å². The van der Waals surface area contributed by atoms with Crippen LogP contribution in [0.25, 0.3) is 11.4 Å². The number of urea groups is 1. The van der Waals surface area contributed by atoms with Crippen LogP contribution in [0.3, 0.4) is 0 Å². The van der Waals surface area contributed by atoms with Crippen molar-refractivity contribution in [2.75, 3.05) is 14.2 Å². The van der Waals surface area contributed by atoms with E-state index in [1.165, 1.54) is 7.11 Å². The molecule has 1 N–H and O–H groups in total. The highest BCUT2D eigenvalue weighted by atomic mass is 35.5. The Hall–Kier alpha value is -3.59. The second kappa shape index (κ2) is 7.92. The number of amides is 3. The number of nitrogens with one attached hydrogen (secondary N) is 1. The summed E-state index contributed by atoms with van der Waals surface area (Å²) in [4.78, 5) is 31.0. The van der Waals surface area contributed by atoms with Crippen LogP contribution in [0.15, 0.2) is 47.0 Å². The molecule has 0 saturated carbocycles. The van der Waals surface area contributed by atoms with Gasteiger partial charge in [-0.15, -0.1) is 0 Å². The lowest BCUT2D eigenvalue weighted by Crippen LogP contribution is -2.41. The first-order chi connectivity index (χ1) is 14.9. The number of hydrogen-bond acceptors (Lipinski definition) is 7. The summed E-state index contributed by atoms with van der Waals surface area (Å²) in [6, 6.07) is 11.4. The van der Waals surface area contributed by atoms with Gasteiger partial charge in [-0.05, 0) is 25.1 Å². The van der Waals surface area contributed by atoms with Crippen molar-refractivity contribution in [1.82, 2.24) is 20.4 Å². The molecule has 1 aliphatic rings. The Morgan fingerprint density at radius 3 is 2.65 bits per heavy atom. The summed E-state index contributed by atoms with van der Waals surface area (Å²) in [5.74, 6) is 0.998. The van der Waals surface area contributed by atoms with Gasteiger partial charge in [-0.2, -0.15) is 4.98 Å². The second-order valence-corrected chi connectivity index (χ2v) is 7.41. The van der Waals surface area contributed by atoms with Crippen LogP contribution in [0.1, 0.15) is 18.4 Å². The highest BCUT2D eigenvalue weighted by Gasteiger charge is 2.50. The van der Waals surface area contributed by atoms with E-state index in [2.05, 4.69) is 15.5 Å². The van der Waals surface area contributed by atoms with E-state index in [-0.39, 0.29) is 18.3 Å². The minimum Gasteiger partial charge on any atom is -0.497 e. The SMILES string of the molecule is COc1ccc(-c2noc(CN3C(=O)N[C@](C)(c4ccccc4Cl)C3=O)n2)c(OC)c1. The van der Waals surface area contributed by atoms with Crippen LogP contribution < -0.4 is 14.8 Å². The number of carbonyl (C=O) groups is 2. The van der Waals surface area contributed by atoms with Crippen molar-refractivity contribution in [1.29, 1.82) is 0 Å². The molecule has 2 heterocycles. The summed E-state index contributed by atoms with van der Waals surface area (Å²) in [5, 5.41) is 7.04. The molecule has 1 fully saturated rings. The Labute approximate surface area is 182 Å². The number of nitrogens with zero attached hydrogens (tertiary/aromatic N) is 3. The van der Waals surface area contributed by atoms with Gasteiger partial charge in [-0.1, -0.05) is 35.0 Å². The second-order valence-electron chi connectivity index (χ2n) is 7.00. The molecule has 1 atom stereocenters.